The molecule has 0 fully saturated rings. The van der Waals surface area contributed by atoms with Gasteiger partial charge in [0, 0.05) is 22.2 Å². The molecule has 0 bridgehead atoms. The minimum atomic E-state index is 0.112. The molecule has 1 aromatic carbocycles. The number of hydrogen-bond donors (Lipinski definition) is 1. The van der Waals surface area contributed by atoms with Gasteiger partial charge in [-0.25, -0.2) is 0 Å². The monoisotopic (exact) mass is 245 g/mol. The van der Waals surface area contributed by atoms with E-state index in [4.69, 9.17) is 16.0 Å². The zero-order valence-electron chi connectivity index (χ0n) is 8.72. The molecule has 17 heavy (non-hydrogen) atoms. The zero-order chi connectivity index (χ0) is 11.8. The normalized spacial score (nSPS) is 10.9. The predicted octanol–water partition coefficient (Wildman–Crippen LogP) is 3.85. The molecule has 3 rings (SSSR count). The second-order valence-electron chi connectivity index (χ2n) is 3.72. The van der Waals surface area contributed by atoms with E-state index >= 15 is 0 Å². The minimum Gasteiger partial charge on any atom is -0.506 e. The van der Waals surface area contributed by atoms with Crippen molar-refractivity contribution < 1.29 is 9.52 Å². The molecule has 3 aromatic rings. The molecule has 0 amide bonds. The number of hydrogen-bond acceptors (Lipinski definition) is 3. The molecule has 2 heterocycles. The third-order valence-electron chi connectivity index (χ3n) is 2.49. The lowest BCUT2D eigenvalue weighted by Gasteiger charge is -1.95. The van der Waals surface area contributed by atoms with E-state index < -0.39 is 0 Å². The van der Waals surface area contributed by atoms with Gasteiger partial charge in [0.05, 0.1) is 6.20 Å². The maximum atomic E-state index is 9.37. The summed E-state index contributed by atoms with van der Waals surface area (Å²) in [6, 6.07) is 8.90. The number of nitrogens with zero attached hydrogens (tertiary/aromatic N) is 1. The number of aromatic nitrogens is 1. The van der Waals surface area contributed by atoms with Crippen molar-refractivity contribution in [3.8, 4) is 17.1 Å². The summed E-state index contributed by atoms with van der Waals surface area (Å²) in [5.74, 6) is 0.770. The Morgan fingerprint density at radius 3 is 2.82 bits per heavy atom. The Balaban J connectivity index is 2.18. The van der Waals surface area contributed by atoms with Crippen LogP contribution in [0.25, 0.3) is 22.3 Å². The lowest BCUT2D eigenvalue weighted by molar-refractivity contribution is 0.472. The zero-order valence-corrected chi connectivity index (χ0v) is 9.48. The van der Waals surface area contributed by atoms with Crippen LogP contribution in [0, 0.1) is 0 Å². The number of fused-ring (bicyclic) bond motifs is 1. The van der Waals surface area contributed by atoms with Gasteiger partial charge in [0.2, 0.25) is 0 Å². The van der Waals surface area contributed by atoms with Crippen LogP contribution in [-0.4, -0.2) is 10.1 Å². The van der Waals surface area contributed by atoms with Gasteiger partial charge in [-0.2, -0.15) is 0 Å². The molecule has 0 aliphatic carbocycles. The number of furan rings is 1. The smallest absolute Gasteiger partial charge is 0.137 e. The Labute approximate surface area is 102 Å². The van der Waals surface area contributed by atoms with Crippen molar-refractivity contribution in [1.82, 2.24) is 4.98 Å². The Morgan fingerprint density at radius 1 is 1.12 bits per heavy atom. The number of benzene rings is 1. The highest BCUT2D eigenvalue weighted by atomic mass is 35.5. The fourth-order valence-corrected chi connectivity index (χ4v) is 1.90. The number of rotatable bonds is 1. The second kappa shape index (κ2) is 3.79. The molecule has 0 radical (unpaired) electrons. The van der Waals surface area contributed by atoms with E-state index in [0.717, 1.165) is 16.5 Å². The summed E-state index contributed by atoms with van der Waals surface area (Å²) in [7, 11) is 0. The molecule has 4 heteroatoms. The fourth-order valence-electron chi connectivity index (χ4n) is 1.72. The average Bonchev–Trinajstić information content (AvgIpc) is 2.72. The summed E-state index contributed by atoms with van der Waals surface area (Å²) in [6.07, 6.45) is 3.02. The van der Waals surface area contributed by atoms with Gasteiger partial charge in [-0.05, 0) is 30.3 Å². The van der Waals surface area contributed by atoms with Gasteiger partial charge >= 0.3 is 0 Å². The first-order valence-corrected chi connectivity index (χ1v) is 5.44. The first kappa shape index (κ1) is 10.2. The van der Waals surface area contributed by atoms with Crippen molar-refractivity contribution in [3.63, 3.8) is 0 Å². The van der Waals surface area contributed by atoms with Crippen LogP contribution in [0.3, 0.4) is 0 Å². The molecule has 0 saturated carbocycles. The lowest BCUT2D eigenvalue weighted by Crippen LogP contribution is -1.76. The third kappa shape index (κ3) is 1.85. The third-order valence-corrected chi connectivity index (χ3v) is 2.72. The van der Waals surface area contributed by atoms with Crippen molar-refractivity contribution in [1.29, 1.82) is 0 Å². The number of aromatic hydroxyl groups is 1. The van der Waals surface area contributed by atoms with Crippen LogP contribution in [0.1, 0.15) is 0 Å². The second-order valence-corrected chi connectivity index (χ2v) is 4.16. The molecule has 0 spiro atoms. The summed E-state index contributed by atoms with van der Waals surface area (Å²) in [4.78, 5) is 3.91. The molecule has 3 nitrogen and oxygen atoms in total. The Hall–Kier alpha value is -2.00. The predicted molar refractivity (Wildman–Crippen MR) is 66.1 cm³/mol. The van der Waals surface area contributed by atoms with Gasteiger partial charge in [0.15, 0.2) is 0 Å². The van der Waals surface area contributed by atoms with Crippen LogP contribution in [0.4, 0.5) is 0 Å². The highest BCUT2D eigenvalue weighted by molar-refractivity contribution is 6.31. The van der Waals surface area contributed by atoms with Crippen LogP contribution in [0.2, 0.25) is 5.02 Å². The van der Waals surface area contributed by atoms with E-state index in [9.17, 15) is 5.11 Å². The molecule has 0 unspecified atom stereocenters. The first-order valence-electron chi connectivity index (χ1n) is 5.06. The molecule has 0 aliphatic heterocycles. The first-order chi connectivity index (χ1) is 8.22. The topological polar surface area (TPSA) is 46.3 Å². The van der Waals surface area contributed by atoms with Gasteiger partial charge in [-0.15, -0.1) is 0 Å². The largest absolute Gasteiger partial charge is 0.506 e. The summed E-state index contributed by atoms with van der Waals surface area (Å²) >= 11 is 5.91. The van der Waals surface area contributed by atoms with Crippen molar-refractivity contribution in [2.75, 3.05) is 0 Å². The van der Waals surface area contributed by atoms with E-state index in [1.807, 2.05) is 18.2 Å². The minimum absolute atomic E-state index is 0.112. The van der Waals surface area contributed by atoms with Crippen LogP contribution < -0.4 is 0 Å². The van der Waals surface area contributed by atoms with E-state index in [1.165, 1.54) is 6.20 Å². The number of halogens is 1. The molecule has 84 valence electrons. The molecule has 1 N–H and O–H groups in total. The van der Waals surface area contributed by atoms with E-state index in [1.54, 1.807) is 18.3 Å². The average molecular weight is 246 g/mol. The highest BCUT2D eigenvalue weighted by Crippen LogP contribution is 2.30. The van der Waals surface area contributed by atoms with E-state index in [-0.39, 0.29) is 5.75 Å². The van der Waals surface area contributed by atoms with Crippen LogP contribution >= 0.6 is 11.6 Å². The van der Waals surface area contributed by atoms with Crippen LogP contribution in [-0.2, 0) is 0 Å². The summed E-state index contributed by atoms with van der Waals surface area (Å²) < 4.78 is 5.65. The van der Waals surface area contributed by atoms with Gasteiger partial charge < -0.3 is 9.52 Å². The molecule has 2 aromatic heterocycles. The van der Waals surface area contributed by atoms with Crippen molar-refractivity contribution >= 4 is 22.6 Å². The van der Waals surface area contributed by atoms with E-state index in [0.29, 0.717) is 10.8 Å². The van der Waals surface area contributed by atoms with Crippen LogP contribution in [0.5, 0.6) is 5.75 Å². The van der Waals surface area contributed by atoms with Gasteiger partial charge in [-0.3, -0.25) is 4.98 Å². The van der Waals surface area contributed by atoms with Crippen molar-refractivity contribution in [2.45, 2.75) is 0 Å². The van der Waals surface area contributed by atoms with Gasteiger partial charge in [0.25, 0.3) is 0 Å². The standard InChI is InChI=1S/C13H8ClNO2/c14-10-1-2-12-8(3-10)5-13(17-12)9-4-11(16)7-15-6-9/h1-7,16H. The van der Waals surface area contributed by atoms with Crippen molar-refractivity contribution in [3.05, 3.63) is 47.7 Å². The SMILES string of the molecule is Oc1cncc(-c2cc3cc(Cl)ccc3o2)c1. The highest BCUT2D eigenvalue weighted by Gasteiger charge is 2.07. The summed E-state index contributed by atoms with van der Waals surface area (Å²) in [5, 5.41) is 11.0. The molecular weight excluding hydrogens is 238 g/mol. The Kier molecular flexibility index (Phi) is 2.27. The lowest BCUT2D eigenvalue weighted by atomic mass is 10.2. The van der Waals surface area contributed by atoms with E-state index in [2.05, 4.69) is 4.98 Å². The molecule has 0 saturated heterocycles. The number of pyridine rings is 1. The maximum absolute atomic E-state index is 9.37. The molecule has 0 atom stereocenters. The van der Waals surface area contributed by atoms with Crippen molar-refractivity contribution in [2.24, 2.45) is 0 Å². The summed E-state index contributed by atoms with van der Waals surface area (Å²) in [6.45, 7) is 0. The van der Waals surface area contributed by atoms with Gasteiger partial charge in [-0.1, -0.05) is 11.6 Å². The Morgan fingerprint density at radius 2 is 2.00 bits per heavy atom. The fraction of sp³-hybridized carbons (Fsp3) is 0. The summed E-state index contributed by atoms with van der Waals surface area (Å²) in [5.41, 5.74) is 1.49. The molecule has 0 aliphatic rings. The quantitative estimate of drug-likeness (QED) is 0.708. The van der Waals surface area contributed by atoms with Crippen LogP contribution in [0.15, 0.2) is 47.1 Å². The molecular formula is C13H8ClNO2. The van der Waals surface area contributed by atoms with Gasteiger partial charge in [0.1, 0.15) is 17.1 Å². The Bertz CT molecular complexity index is 691. The maximum Gasteiger partial charge on any atom is 0.137 e.